The molecule has 0 N–H and O–H groups in total. The van der Waals surface area contributed by atoms with Crippen LogP contribution in [0.3, 0.4) is 0 Å². The maximum atomic E-state index is 12.9. The summed E-state index contributed by atoms with van der Waals surface area (Å²) in [4.78, 5) is 16.8. The van der Waals surface area contributed by atoms with Gasteiger partial charge in [-0.25, -0.2) is 0 Å². The lowest BCUT2D eigenvalue weighted by Crippen LogP contribution is -2.45. The number of hydrogen-bond donors (Lipinski definition) is 0. The Morgan fingerprint density at radius 2 is 1.71 bits per heavy atom. The molecule has 1 aromatic carbocycles. The van der Waals surface area contributed by atoms with E-state index in [0.717, 1.165) is 31.6 Å². The number of amides is 1. The normalized spacial score (nSPS) is 17.8. The molecule has 1 aliphatic heterocycles. The Hall–Kier alpha value is -1.39. The number of benzene rings is 1. The predicted molar refractivity (Wildman–Crippen MR) is 84.2 cm³/mol. The van der Waals surface area contributed by atoms with Gasteiger partial charge in [-0.3, -0.25) is 9.69 Å². The fraction of sp³-hybridized carbons (Fsp3) is 0.588. The van der Waals surface area contributed by atoms with E-state index in [-0.39, 0.29) is 11.9 Å². The average Bonchev–Trinajstić information content (AvgIpc) is 2.49. The minimum atomic E-state index is -0.224. The van der Waals surface area contributed by atoms with Gasteiger partial charge in [0.05, 0.1) is 0 Å². The fourth-order valence-electron chi connectivity index (χ4n) is 2.86. The first-order valence-corrected chi connectivity index (χ1v) is 7.58. The summed E-state index contributed by atoms with van der Waals surface area (Å²) in [6.07, 6.45) is 1.85. The summed E-state index contributed by atoms with van der Waals surface area (Å²) in [6.45, 7) is 3.56. The smallest absolute Gasteiger partial charge is 0.244 e. The summed E-state index contributed by atoms with van der Waals surface area (Å²) < 4.78 is 5.39. The van der Waals surface area contributed by atoms with E-state index in [1.807, 2.05) is 30.9 Å². The Labute approximate surface area is 127 Å². The number of likely N-dealkylation sites (N-methyl/N-ethyl adjacent to an activating group) is 2. The second kappa shape index (κ2) is 7.05. The third-order valence-electron chi connectivity index (χ3n) is 4.23. The van der Waals surface area contributed by atoms with Crippen LogP contribution in [0.4, 0.5) is 0 Å². The number of ether oxygens (including phenoxy) is 1. The average molecular weight is 290 g/mol. The Morgan fingerprint density at radius 3 is 2.24 bits per heavy atom. The summed E-state index contributed by atoms with van der Waals surface area (Å²) in [5, 5.41) is 0. The molecule has 0 spiro atoms. The molecular formula is C17H26N2O2. The van der Waals surface area contributed by atoms with Crippen LogP contribution in [-0.4, -0.2) is 56.1 Å². The molecule has 4 heteroatoms. The third-order valence-corrected chi connectivity index (χ3v) is 4.23. The van der Waals surface area contributed by atoms with Crippen molar-refractivity contribution in [3.8, 4) is 0 Å². The molecule has 1 fully saturated rings. The number of aryl methyl sites for hydroxylation is 1. The van der Waals surface area contributed by atoms with E-state index in [2.05, 4.69) is 31.2 Å². The molecule has 1 aromatic rings. The van der Waals surface area contributed by atoms with E-state index >= 15 is 0 Å². The Balaban J connectivity index is 2.16. The van der Waals surface area contributed by atoms with Crippen LogP contribution in [0, 0.1) is 6.92 Å². The van der Waals surface area contributed by atoms with E-state index in [1.165, 1.54) is 5.56 Å². The zero-order chi connectivity index (χ0) is 15.4. The van der Waals surface area contributed by atoms with Crippen molar-refractivity contribution in [2.24, 2.45) is 0 Å². The first-order valence-electron chi connectivity index (χ1n) is 7.58. The zero-order valence-electron chi connectivity index (χ0n) is 13.5. The fourth-order valence-corrected chi connectivity index (χ4v) is 2.86. The van der Waals surface area contributed by atoms with Gasteiger partial charge in [0.25, 0.3) is 0 Å². The number of nitrogens with zero attached hydrogens (tertiary/aromatic N) is 2. The first-order chi connectivity index (χ1) is 10.0. The summed E-state index contributed by atoms with van der Waals surface area (Å²) >= 11 is 0. The second-order valence-electron chi connectivity index (χ2n) is 6.07. The van der Waals surface area contributed by atoms with Crippen LogP contribution in [0.1, 0.15) is 30.0 Å². The molecule has 1 heterocycles. The Kier molecular flexibility index (Phi) is 5.37. The molecule has 1 aliphatic rings. The second-order valence-corrected chi connectivity index (χ2v) is 6.07. The van der Waals surface area contributed by atoms with Gasteiger partial charge in [0.15, 0.2) is 0 Å². The molecule has 0 bridgehead atoms. The monoisotopic (exact) mass is 290 g/mol. The highest BCUT2D eigenvalue weighted by atomic mass is 16.5. The van der Waals surface area contributed by atoms with Crippen molar-refractivity contribution in [3.05, 3.63) is 35.4 Å². The third kappa shape index (κ3) is 3.83. The van der Waals surface area contributed by atoms with Gasteiger partial charge >= 0.3 is 0 Å². The van der Waals surface area contributed by atoms with Gasteiger partial charge in [-0.1, -0.05) is 29.8 Å². The molecule has 1 amide bonds. The molecule has 21 heavy (non-hydrogen) atoms. The molecule has 116 valence electrons. The summed E-state index contributed by atoms with van der Waals surface area (Å²) in [5.41, 5.74) is 2.26. The Bertz CT molecular complexity index is 464. The lowest BCUT2D eigenvalue weighted by molar-refractivity contribution is -0.138. The van der Waals surface area contributed by atoms with Crippen molar-refractivity contribution >= 4 is 5.91 Å². The molecule has 0 aliphatic carbocycles. The van der Waals surface area contributed by atoms with Crippen LogP contribution >= 0.6 is 0 Å². The predicted octanol–water partition coefficient (Wildman–Crippen LogP) is 2.24. The largest absolute Gasteiger partial charge is 0.381 e. The topological polar surface area (TPSA) is 32.8 Å². The van der Waals surface area contributed by atoms with E-state index in [9.17, 15) is 4.79 Å². The van der Waals surface area contributed by atoms with Crippen molar-refractivity contribution in [1.29, 1.82) is 0 Å². The van der Waals surface area contributed by atoms with Crippen molar-refractivity contribution < 1.29 is 9.53 Å². The maximum Gasteiger partial charge on any atom is 0.244 e. The summed E-state index contributed by atoms with van der Waals surface area (Å²) in [6, 6.07) is 8.30. The van der Waals surface area contributed by atoms with Crippen LogP contribution in [0.15, 0.2) is 24.3 Å². The van der Waals surface area contributed by atoms with Crippen molar-refractivity contribution in [1.82, 2.24) is 9.80 Å². The van der Waals surface area contributed by atoms with E-state index in [0.29, 0.717) is 6.04 Å². The molecule has 1 unspecified atom stereocenters. The number of rotatable bonds is 4. The number of carbonyl (C=O) groups is 1. The van der Waals surface area contributed by atoms with Crippen LogP contribution in [0.25, 0.3) is 0 Å². The lowest BCUT2D eigenvalue weighted by atomic mass is 10.0. The van der Waals surface area contributed by atoms with Crippen LogP contribution in [-0.2, 0) is 9.53 Å². The van der Waals surface area contributed by atoms with Gasteiger partial charge in [-0.15, -0.1) is 0 Å². The van der Waals surface area contributed by atoms with E-state index < -0.39 is 0 Å². The van der Waals surface area contributed by atoms with Gasteiger partial charge < -0.3 is 9.64 Å². The molecule has 4 nitrogen and oxygen atoms in total. The molecular weight excluding hydrogens is 264 g/mol. The molecule has 2 rings (SSSR count). The van der Waals surface area contributed by atoms with E-state index in [4.69, 9.17) is 4.74 Å². The van der Waals surface area contributed by atoms with Crippen LogP contribution < -0.4 is 0 Å². The quantitative estimate of drug-likeness (QED) is 0.852. The van der Waals surface area contributed by atoms with E-state index in [1.54, 1.807) is 0 Å². The summed E-state index contributed by atoms with van der Waals surface area (Å²) in [7, 11) is 5.84. The molecule has 1 saturated heterocycles. The van der Waals surface area contributed by atoms with Gasteiger partial charge in [0.1, 0.15) is 6.04 Å². The van der Waals surface area contributed by atoms with Gasteiger partial charge in [0.2, 0.25) is 5.91 Å². The van der Waals surface area contributed by atoms with Gasteiger partial charge in [-0.2, -0.15) is 0 Å². The van der Waals surface area contributed by atoms with Crippen molar-refractivity contribution in [2.45, 2.75) is 31.8 Å². The highest BCUT2D eigenvalue weighted by Crippen LogP contribution is 2.24. The Morgan fingerprint density at radius 1 is 1.14 bits per heavy atom. The molecule has 0 aromatic heterocycles. The zero-order valence-corrected chi connectivity index (χ0v) is 13.5. The minimum absolute atomic E-state index is 0.163. The number of carbonyl (C=O) groups excluding carboxylic acids is 1. The molecule has 1 atom stereocenters. The van der Waals surface area contributed by atoms with Crippen molar-refractivity contribution in [2.75, 3.05) is 34.4 Å². The summed E-state index contributed by atoms with van der Waals surface area (Å²) in [5.74, 6) is 0.163. The minimum Gasteiger partial charge on any atom is -0.381 e. The highest BCUT2D eigenvalue weighted by molar-refractivity contribution is 5.83. The molecule has 0 saturated carbocycles. The highest BCUT2D eigenvalue weighted by Gasteiger charge is 2.30. The van der Waals surface area contributed by atoms with Crippen LogP contribution in [0.2, 0.25) is 0 Å². The molecule has 0 radical (unpaired) electrons. The van der Waals surface area contributed by atoms with Crippen LogP contribution in [0.5, 0.6) is 0 Å². The van der Waals surface area contributed by atoms with Gasteiger partial charge in [-0.05, 0) is 39.4 Å². The van der Waals surface area contributed by atoms with Crippen molar-refractivity contribution in [3.63, 3.8) is 0 Å². The number of hydrogen-bond acceptors (Lipinski definition) is 3. The van der Waals surface area contributed by atoms with Gasteiger partial charge in [0, 0.05) is 26.3 Å². The standard InChI is InChI=1S/C17H26N2O2/c1-13-5-7-14(8-6-13)16(18(2)3)17(20)19(4)15-9-11-21-12-10-15/h5-8,15-16H,9-12H2,1-4H3. The lowest BCUT2D eigenvalue weighted by Gasteiger charge is -2.35. The first kappa shape index (κ1) is 16.0. The maximum absolute atomic E-state index is 12.9. The SMILES string of the molecule is Cc1ccc(C(C(=O)N(C)C2CCOCC2)N(C)C)cc1.